The summed E-state index contributed by atoms with van der Waals surface area (Å²) in [6.45, 7) is 4.68. The highest BCUT2D eigenvalue weighted by molar-refractivity contribution is 5.91. The summed E-state index contributed by atoms with van der Waals surface area (Å²) in [5, 5.41) is 0. The first-order chi connectivity index (χ1) is 13.3. The van der Waals surface area contributed by atoms with Crippen molar-refractivity contribution in [2.24, 2.45) is 28.6 Å². The van der Waals surface area contributed by atoms with Crippen LogP contribution in [0, 0.1) is 28.6 Å². The standard InChI is InChI=1S/C24H29NO/c1-23-11-9-18(26)14-17(23)5-6-19-21-8-7-20(16-4-3-13-25-15-16)24(21,2)12-10-22(19)23/h3-4,7,13-15,19,21-22H,5-6,8-12H2,1-2H3/t19?,21?,22?,23-,24+/m0/s1/i9D2. The van der Waals surface area contributed by atoms with Crippen LogP contribution in [0.4, 0.5) is 0 Å². The summed E-state index contributed by atoms with van der Waals surface area (Å²) in [4.78, 5) is 16.6. The highest BCUT2D eigenvalue weighted by atomic mass is 16.1. The lowest BCUT2D eigenvalue weighted by molar-refractivity contribution is -0.117. The Morgan fingerprint density at radius 2 is 2.08 bits per heavy atom. The molecule has 5 atom stereocenters. The third-order valence-corrected chi connectivity index (χ3v) is 8.22. The SMILES string of the molecule is [2H]C1([2H])C[C@@]2(C)C(=CC1=O)CCC1C2CC[C@]2(C)C(c3cccnc3)=CCC12. The number of fused-ring (bicyclic) bond motifs is 5. The molecule has 0 N–H and O–H groups in total. The smallest absolute Gasteiger partial charge is 0.155 e. The number of rotatable bonds is 1. The van der Waals surface area contributed by atoms with Crippen molar-refractivity contribution in [1.29, 1.82) is 0 Å². The lowest BCUT2D eigenvalue weighted by Crippen LogP contribution is -2.49. The van der Waals surface area contributed by atoms with Crippen molar-refractivity contribution >= 4 is 11.4 Å². The van der Waals surface area contributed by atoms with Gasteiger partial charge in [0.15, 0.2) is 5.78 Å². The maximum atomic E-state index is 12.2. The molecule has 0 bridgehead atoms. The van der Waals surface area contributed by atoms with E-state index in [-0.39, 0.29) is 16.6 Å². The minimum atomic E-state index is -1.71. The van der Waals surface area contributed by atoms with Crippen molar-refractivity contribution in [3.8, 4) is 0 Å². The van der Waals surface area contributed by atoms with Crippen LogP contribution in [0.1, 0.15) is 67.1 Å². The summed E-state index contributed by atoms with van der Waals surface area (Å²) in [5.41, 5.74) is 3.96. The second-order valence-corrected chi connectivity index (χ2v) is 9.27. The third-order valence-electron chi connectivity index (χ3n) is 8.22. The van der Waals surface area contributed by atoms with E-state index in [9.17, 15) is 4.79 Å². The molecule has 1 heterocycles. The Hall–Kier alpha value is -1.70. The molecule has 0 spiro atoms. The van der Waals surface area contributed by atoms with Crippen LogP contribution in [0.5, 0.6) is 0 Å². The number of pyridine rings is 1. The Labute approximate surface area is 159 Å². The van der Waals surface area contributed by atoms with Gasteiger partial charge < -0.3 is 0 Å². The quantitative estimate of drug-likeness (QED) is 0.660. The first-order valence-corrected chi connectivity index (χ1v) is 10.1. The van der Waals surface area contributed by atoms with Crippen LogP contribution in [0.15, 0.2) is 42.3 Å². The molecule has 3 unspecified atom stereocenters. The minimum Gasteiger partial charge on any atom is -0.295 e. The molecule has 0 amide bonds. The zero-order valence-electron chi connectivity index (χ0n) is 17.8. The van der Waals surface area contributed by atoms with Gasteiger partial charge in [0.2, 0.25) is 0 Å². The average Bonchev–Trinajstić information content (AvgIpc) is 3.01. The summed E-state index contributed by atoms with van der Waals surface area (Å²) in [6.07, 6.45) is 12.1. The summed E-state index contributed by atoms with van der Waals surface area (Å²) in [6, 6.07) is 4.21. The molecule has 136 valence electrons. The van der Waals surface area contributed by atoms with Crippen LogP contribution < -0.4 is 0 Å². The Morgan fingerprint density at radius 3 is 2.88 bits per heavy atom. The molecule has 0 aliphatic heterocycles. The second-order valence-electron chi connectivity index (χ2n) is 9.27. The summed E-state index contributed by atoms with van der Waals surface area (Å²) >= 11 is 0. The number of hydrogen-bond donors (Lipinski definition) is 0. The fourth-order valence-corrected chi connectivity index (χ4v) is 6.83. The van der Waals surface area contributed by atoms with Crippen molar-refractivity contribution in [2.45, 2.75) is 58.7 Å². The van der Waals surface area contributed by atoms with Gasteiger partial charge in [-0.25, -0.2) is 0 Å². The fourth-order valence-electron chi connectivity index (χ4n) is 6.83. The van der Waals surface area contributed by atoms with Gasteiger partial charge >= 0.3 is 0 Å². The molecule has 0 saturated heterocycles. The Morgan fingerprint density at radius 1 is 1.19 bits per heavy atom. The van der Waals surface area contributed by atoms with E-state index in [1.165, 1.54) is 16.7 Å². The first kappa shape index (κ1) is 14.4. The van der Waals surface area contributed by atoms with Crippen LogP contribution in [-0.4, -0.2) is 10.8 Å². The minimum absolute atomic E-state index is 0.168. The summed E-state index contributed by atoms with van der Waals surface area (Å²) in [7, 11) is 0. The molecule has 26 heavy (non-hydrogen) atoms. The molecule has 4 aliphatic rings. The van der Waals surface area contributed by atoms with Gasteiger partial charge in [-0.2, -0.15) is 0 Å². The lowest BCUT2D eigenvalue weighted by Gasteiger charge is -2.57. The van der Waals surface area contributed by atoms with E-state index < -0.39 is 6.37 Å². The van der Waals surface area contributed by atoms with Gasteiger partial charge in [-0.15, -0.1) is 0 Å². The number of aromatic nitrogens is 1. The number of carbonyl (C=O) groups is 1. The zero-order chi connectivity index (χ0) is 19.7. The largest absolute Gasteiger partial charge is 0.295 e. The molecule has 0 aromatic carbocycles. The van der Waals surface area contributed by atoms with Crippen LogP contribution in [0.25, 0.3) is 5.57 Å². The molecule has 2 saturated carbocycles. The van der Waals surface area contributed by atoms with Gasteiger partial charge in [0.05, 0.1) is 0 Å². The molecule has 0 radical (unpaired) electrons. The van der Waals surface area contributed by atoms with Crippen LogP contribution in [0.3, 0.4) is 0 Å². The molecule has 5 rings (SSSR count). The maximum absolute atomic E-state index is 12.2. The molecule has 4 aliphatic carbocycles. The predicted molar refractivity (Wildman–Crippen MR) is 104 cm³/mol. The van der Waals surface area contributed by atoms with E-state index in [0.717, 1.165) is 32.1 Å². The molecule has 2 heteroatoms. The molecule has 2 fully saturated rings. The van der Waals surface area contributed by atoms with Crippen molar-refractivity contribution < 1.29 is 7.54 Å². The Kier molecular flexibility index (Phi) is 3.12. The normalized spacial score (nSPS) is 44.7. The molecule has 1 aromatic rings. The van der Waals surface area contributed by atoms with E-state index in [1.54, 1.807) is 6.08 Å². The maximum Gasteiger partial charge on any atom is 0.155 e. The van der Waals surface area contributed by atoms with Gasteiger partial charge in [-0.3, -0.25) is 9.78 Å². The Bertz CT molecular complexity index is 889. The zero-order valence-corrected chi connectivity index (χ0v) is 15.8. The highest BCUT2D eigenvalue weighted by Gasteiger charge is 2.57. The van der Waals surface area contributed by atoms with E-state index in [1.807, 2.05) is 18.5 Å². The van der Waals surface area contributed by atoms with Gasteiger partial charge in [0, 0.05) is 21.5 Å². The summed E-state index contributed by atoms with van der Waals surface area (Å²) in [5.74, 6) is 1.38. The Balaban J connectivity index is 1.49. The van der Waals surface area contributed by atoms with Gasteiger partial charge in [0.1, 0.15) is 0 Å². The van der Waals surface area contributed by atoms with E-state index in [2.05, 4.69) is 31.0 Å². The van der Waals surface area contributed by atoms with Crippen molar-refractivity contribution in [3.05, 3.63) is 47.8 Å². The lowest BCUT2D eigenvalue weighted by atomic mass is 9.46. The number of ketones is 1. The van der Waals surface area contributed by atoms with E-state index in [0.29, 0.717) is 24.2 Å². The van der Waals surface area contributed by atoms with E-state index in [4.69, 9.17) is 2.74 Å². The number of hydrogen-bond acceptors (Lipinski definition) is 2. The van der Waals surface area contributed by atoms with E-state index >= 15 is 0 Å². The first-order valence-electron chi connectivity index (χ1n) is 11.1. The monoisotopic (exact) mass is 349 g/mol. The average molecular weight is 350 g/mol. The fraction of sp³-hybridized carbons (Fsp3) is 0.583. The van der Waals surface area contributed by atoms with Gasteiger partial charge in [-0.05, 0) is 90.4 Å². The predicted octanol–water partition coefficient (Wildman–Crippen LogP) is 5.61. The highest BCUT2D eigenvalue weighted by Crippen LogP contribution is 2.66. The molecular formula is C24H29NO. The van der Waals surface area contributed by atoms with Crippen LogP contribution in [-0.2, 0) is 4.79 Å². The topological polar surface area (TPSA) is 30.0 Å². The number of allylic oxidation sites excluding steroid dienone is 4. The number of carbonyl (C=O) groups excluding carboxylic acids is 1. The van der Waals surface area contributed by atoms with Gasteiger partial charge in [-0.1, -0.05) is 31.6 Å². The molecule has 1 aromatic heterocycles. The summed E-state index contributed by atoms with van der Waals surface area (Å²) < 4.78 is 16.5. The van der Waals surface area contributed by atoms with Crippen molar-refractivity contribution in [2.75, 3.05) is 0 Å². The molecule has 2 nitrogen and oxygen atoms in total. The van der Waals surface area contributed by atoms with Crippen LogP contribution >= 0.6 is 0 Å². The second kappa shape index (κ2) is 5.65. The third kappa shape index (κ3) is 2.17. The van der Waals surface area contributed by atoms with Crippen molar-refractivity contribution in [1.82, 2.24) is 4.98 Å². The van der Waals surface area contributed by atoms with Crippen LogP contribution in [0.2, 0.25) is 0 Å². The van der Waals surface area contributed by atoms with Crippen molar-refractivity contribution in [3.63, 3.8) is 0 Å². The number of nitrogens with zero attached hydrogens (tertiary/aromatic N) is 1. The molecular weight excluding hydrogens is 318 g/mol. The van der Waals surface area contributed by atoms with Gasteiger partial charge in [0.25, 0.3) is 0 Å².